The van der Waals surface area contributed by atoms with Crippen LogP contribution in [0, 0.1) is 10.8 Å². The van der Waals surface area contributed by atoms with Gasteiger partial charge in [-0.05, 0) is 69.1 Å². The van der Waals surface area contributed by atoms with Crippen molar-refractivity contribution in [3.05, 3.63) is 95.3 Å². The van der Waals surface area contributed by atoms with E-state index in [9.17, 15) is 0 Å². The van der Waals surface area contributed by atoms with Crippen molar-refractivity contribution >= 4 is 0 Å². The molecule has 2 heterocycles. The lowest BCUT2D eigenvalue weighted by atomic mass is 9.59. The highest BCUT2D eigenvalue weighted by molar-refractivity contribution is 5.73. The third-order valence-electron chi connectivity index (χ3n) is 8.27. The van der Waals surface area contributed by atoms with Crippen molar-refractivity contribution in [1.29, 1.82) is 0 Å². The number of hydrogen-bond acceptors (Lipinski definition) is 1. The van der Waals surface area contributed by atoms with Crippen molar-refractivity contribution in [3.8, 4) is 27.9 Å². The monoisotopic (exact) mass is 522 g/mol. The van der Waals surface area contributed by atoms with Gasteiger partial charge >= 0.3 is 0 Å². The van der Waals surface area contributed by atoms with Gasteiger partial charge in [0.25, 0.3) is 0 Å². The first-order valence-electron chi connectivity index (χ1n) is 16.1. The molecule has 0 saturated heterocycles. The van der Waals surface area contributed by atoms with Crippen LogP contribution in [0.4, 0.5) is 0 Å². The van der Waals surface area contributed by atoms with Gasteiger partial charge in [0.05, 0.1) is 17.6 Å². The van der Waals surface area contributed by atoms with Crippen LogP contribution >= 0.6 is 0 Å². The van der Waals surface area contributed by atoms with Gasteiger partial charge in [-0.25, -0.2) is 4.68 Å². The molecule has 0 radical (unpaired) electrons. The van der Waals surface area contributed by atoms with Gasteiger partial charge in [-0.15, -0.1) is 0 Å². The second-order valence-corrected chi connectivity index (χ2v) is 14.2. The minimum absolute atomic E-state index is 0.226. The summed E-state index contributed by atoms with van der Waals surface area (Å²) in [5.41, 5.74) is 7.58. The van der Waals surface area contributed by atoms with Crippen LogP contribution in [0.3, 0.4) is 0 Å². The molecule has 3 aromatic carbocycles. The molecular weight excluding hydrogens is 472 g/mol. The van der Waals surface area contributed by atoms with Crippen molar-refractivity contribution in [2.75, 3.05) is 0 Å². The zero-order valence-electron chi connectivity index (χ0n) is 29.3. The van der Waals surface area contributed by atoms with Gasteiger partial charge in [0.15, 0.2) is 0 Å². The van der Waals surface area contributed by atoms with E-state index in [0.29, 0.717) is 11.1 Å². The molecule has 39 heavy (non-hydrogen) atoms. The SMILES string of the molecule is [2H]C([2H])(c1ccc(-c2ccc3c(c2)C(C)(C)C(C)(C)c2c(-c4ccc(C([2H])([2H])C(C)(C)C)cc4)cnn2-3)cc1)C(C)(C)C. The van der Waals surface area contributed by atoms with E-state index in [0.717, 1.165) is 33.6 Å². The molecule has 4 aromatic rings. The molecule has 0 amide bonds. The molecule has 0 saturated carbocycles. The summed E-state index contributed by atoms with van der Waals surface area (Å²) >= 11 is 0. The molecule has 0 spiro atoms. The van der Waals surface area contributed by atoms with E-state index < -0.39 is 23.6 Å². The van der Waals surface area contributed by atoms with Crippen LogP contribution < -0.4 is 0 Å². The second-order valence-electron chi connectivity index (χ2n) is 14.2. The normalized spacial score (nSPS) is 18.3. The summed E-state index contributed by atoms with van der Waals surface area (Å²) < 4.78 is 36.8. The van der Waals surface area contributed by atoms with Crippen molar-refractivity contribution in [2.24, 2.45) is 10.8 Å². The minimum atomic E-state index is -1.44. The number of aromatic nitrogens is 2. The van der Waals surface area contributed by atoms with Crippen LogP contribution in [-0.2, 0) is 23.6 Å². The molecule has 5 rings (SSSR count). The fraction of sp³-hybridized carbons (Fsp3) is 0.432. The van der Waals surface area contributed by atoms with E-state index in [4.69, 9.17) is 10.6 Å². The first-order valence-corrected chi connectivity index (χ1v) is 14.1. The Kier molecular flexibility index (Phi) is 5.36. The molecular formula is C37H46N2. The Labute approximate surface area is 242 Å². The van der Waals surface area contributed by atoms with Crippen LogP contribution in [0.15, 0.2) is 72.9 Å². The molecule has 1 aliphatic rings. The van der Waals surface area contributed by atoms with E-state index >= 15 is 0 Å². The summed E-state index contributed by atoms with van der Waals surface area (Å²) in [6, 6.07) is 22.4. The fourth-order valence-corrected chi connectivity index (χ4v) is 5.72. The van der Waals surface area contributed by atoms with Gasteiger partial charge in [0, 0.05) is 21.9 Å². The zero-order valence-corrected chi connectivity index (χ0v) is 25.3. The predicted octanol–water partition coefficient (Wildman–Crippen LogP) is 9.95. The molecule has 1 aromatic heterocycles. The molecule has 0 fully saturated rings. The maximum atomic E-state index is 8.69. The summed E-state index contributed by atoms with van der Waals surface area (Å²) in [7, 11) is 0. The number of fused-ring (bicyclic) bond motifs is 3. The summed E-state index contributed by atoms with van der Waals surface area (Å²) in [5, 5.41) is 4.91. The van der Waals surface area contributed by atoms with Crippen molar-refractivity contribution in [2.45, 2.75) is 92.8 Å². The number of nitrogens with zero attached hydrogens (tertiary/aromatic N) is 2. The van der Waals surface area contributed by atoms with Crippen LogP contribution in [0.5, 0.6) is 0 Å². The number of rotatable bonds is 4. The lowest BCUT2D eigenvalue weighted by Gasteiger charge is -2.47. The lowest BCUT2D eigenvalue weighted by Crippen LogP contribution is -2.46. The van der Waals surface area contributed by atoms with Crippen molar-refractivity contribution in [3.63, 3.8) is 0 Å². The molecule has 0 aliphatic carbocycles. The highest BCUT2D eigenvalue weighted by Crippen LogP contribution is 2.53. The summed E-state index contributed by atoms with van der Waals surface area (Å²) in [5.74, 6) is 0. The maximum Gasteiger partial charge on any atom is 0.0687 e. The van der Waals surface area contributed by atoms with Gasteiger partial charge in [-0.2, -0.15) is 5.10 Å². The quantitative estimate of drug-likeness (QED) is 0.261. The highest BCUT2D eigenvalue weighted by atomic mass is 15.3. The molecule has 1 aliphatic heterocycles. The van der Waals surface area contributed by atoms with E-state index in [2.05, 4.69) is 50.6 Å². The van der Waals surface area contributed by atoms with Crippen LogP contribution in [0.25, 0.3) is 27.9 Å². The first kappa shape index (κ1) is 22.7. The Hall–Kier alpha value is -3.13. The van der Waals surface area contributed by atoms with E-state index in [1.165, 1.54) is 5.56 Å². The van der Waals surface area contributed by atoms with Gasteiger partial charge in [-0.1, -0.05) is 124 Å². The first-order chi connectivity index (χ1) is 19.6. The average Bonchev–Trinajstić information content (AvgIpc) is 3.37. The van der Waals surface area contributed by atoms with Gasteiger partial charge in [0.2, 0.25) is 0 Å². The second kappa shape index (κ2) is 9.22. The molecule has 2 nitrogen and oxygen atoms in total. The van der Waals surface area contributed by atoms with Crippen molar-refractivity contribution in [1.82, 2.24) is 9.78 Å². The summed E-state index contributed by atoms with van der Waals surface area (Å²) in [6.45, 7) is 20.8. The van der Waals surface area contributed by atoms with E-state index in [1.54, 1.807) is 0 Å². The van der Waals surface area contributed by atoms with E-state index in [1.807, 2.05) is 96.3 Å². The summed E-state index contributed by atoms with van der Waals surface area (Å²) in [4.78, 5) is 0. The topological polar surface area (TPSA) is 17.8 Å². The van der Waals surface area contributed by atoms with Crippen LogP contribution in [0.2, 0.25) is 0 Å². The Bertz CT molecular complexity index is 1660. The Morgan fingerprint density at radius 1 is 0.667 bits per heavy atom. The van der Waals surface area contributed by atoms with Gasteiger partial charge < -0.3 is 0 Å². The minimum Gasteiger partial charge on any atom is -0.236 e. The Morgan fingerprint density at radius 3 is 1.67 bits per heavy atom. The maximum absolute atomic E-state index is 8.69. The molecule has 0 bridgehead atoms. The fourth-order valence-electron chi connectivity index (χ4n) is 5.72. The number of benzene rings is 3. The zero-order chi connectivity index (χ0) is 32.0. The summed E-state index contributed by atoms with van der Waals surface area (Å²) in [6.07, 6.45) is -0.925. The Morgan fingerprint density at radius 2 is 1.15 bits per heavy atom. The van der Waals surface area contributed by atoms with Crippen molar-refractivity contribution < 1.29 is 5.48 Å². The molecule has 0 N–H and O–H groups in total. The third kappa shape index (κ3) is 5.11. The predicted molar refractivity (Wildman–Crippen MR) is 167 cm³/mol. The van der Waals surface area contributed by atoms with Crippen LogP contribution in [0.1, 0.15) is 97.1 Å². The van der Waals surface area contributed by atoms with Crippen LogP contribution in [-0.4, -0.2) is 9.78 Å². The lowest BCUT2D eigenvalue weighted by molar-refractivity contribution is 0.276. The smallest absolute Gasteiger partial charge is 0.0687 e. The molecule has 204 valence electrons. The van der Waals surface area contributed by atoms with Gasteiger partial charge in [0.1, 0.15) is 0 Å². The third-order valence-corrected chi connectivity index (χ3v) is 8.27. The largest absolute Gasteiger partial charge is 0.236 e. The standard InChI is InChI=1S/C37H46N2/c1-34(2,3)22-25-11-15-27(16-12-25)29-19-20-32-31(21-29)36(7,8)37(9,10)33-30(24-38-39(32)33)28-17-13-26(14-18-28)23-35(4,5)6/h11-21,24H,22-23H2,1-10H3/i22D2,23D2. The molecule has 0 unspecified atom stereocenters. The highest BCUT2D eigenvalue weighted by Gasteiger charge is 2.48. The molecule has 0 atom stereocenters. The van der Waals surface area contributed by atoms with E-state index in [-0.39, 0.29) is 10.8 Å². The average molecular weight is 523 g/mol. The molecule has 2 heteroatoms. The number of hydrogen-bond donors (Lipinski definition) is 0. The van der Waals surface area contributed by atoms with Gasteiger partial charge in [-0.3, -0.25) is 0 Å². The Balaban J connectivity index is 1.57.